The maximum atomic E-state index is 12.1. The van der Waals surface area contributed by atoms with Gasteiger partial charge in [-0.15, -0.1) is 0 Å². The summed E-state index contributed by atoms with van der Waals surface area (Å²) in [6, 6.07) is 11.6. The van der Waals surface area contributed by atoms with E-state index in [2.05, 4.69) is 4.72 Å². The van der Waals surface area contributed by atoms with E-state index in [1.54, 1.807) is 24.3 Å². The summed E-state index contributed by atoms with van der Waals surface area (Å²) in [4.78, 5) is 11.0. The smallest absolute Gasteiger partial charge is 0.261 e. The van der Waals surface area contributed by atoms with Gasteiger partial charge in [-0.3, -0.25) is 9.52 Å². The zero-order valence-electron chi connectivity index (χ0n) is 10.2. The van der Waals surface area contributed by atoms with Crippen molar-refractivity contribution in [2.75, 3.05) is 4.72 Å². The summed E-state index contributed by atoms with van der Waals surface area (Å²) in [5, 5.41) is 0.513. The van der Waals surface area contributed by atoms with Gasteiger partial charge in [0.15, 0.2) is 0 Å². The Balaban J connectivity index is 2.26. The third-order valence-electron chi connectivity index (χ3n) is 2.55. The molecule has 0 bridgehead atoms. The molecule has 0 spiro atoms. The zero-order valence-corrected chi connectivity index (χ0v) is 11.8. The van der Waals surface area contributed by atoms with Gasteiger partial charge in [0.05, 0.1) is 4.90 Å². The van der Waals surface area contributed by atoms with Gasteiger partial charge < -0.3 is 5.73 Å². The minimum atomic E-state index is -3.71. The Labute approximate surface area is 121 Å². The number of nitrogens with one attached hydrogen (secondary N) is 1. The van der Waals surface area contributed by atoms with Gasteiger partial charge in [0.2, 0.25) is 5.91 Å². The third-order valence-corrected chi connectivity index (χ3v) is 4.19. The number of hydrogen-bond acceptors (Lipinski definition) is 3. The van der Waals surface area contributed by atoms with Crippen LogP contribution >= 0.6 is 11.6 Å². The first kappa shape index (κ1) is 14.4. The number of anilines is 1. The van der Waals surface area contributed by atoms with Crippen LogP contribution in [0, 0.1) is 0 Å². The molecule has 0 saturated carbocycles. The number of hydrogen-bond donors (Lipinski definition) is 2. The van der Waals surface area contributed by atoms with Gasteiger partial charge in [-0.25, -0.2) is 8.42 Å². The molecule has 0 atom stereocenters. The van der Waals surface area contributed by atoms with Crippen LogP contribution in [0.1, 0.15) is 10.4 Å². The molecule has 0 aliphatic rings. The van der Waals surface area contributed by atoms with Crippen molar-refractivity contribution in [1.29, 1.82) is 0 Å². The number of carbonyl (C=O) groups excluding carboxylic acids is 1. The lowest BCUT2D eigenvalue weighted by molar-refractivity contribution is 0.1000. The monoisotopic (exact) mass is 310 g/mol. The molecular weight excluding hydrogens is 300 g/mol. The van der Waals surface area contributed by atoms with E-state index in [4.69, 9.17) is 17.3 Å². The Kier molecular flexibility index (Phi) is 3.96. The number of sulfonamides is 1. The maximum Gasteiger partial charge on any atom is 0.261 e. The van der Waals surface area contributed by atoms with E-state index >= 15 is 0 Å². The number of benzene rings is 2. The Morgan fingerprint density at radius 2 is 1.55 bits per heavy atom. The summed E-state index contributed by atoms with van der Waals surface area (Å²) in [5.41, 5.74) is 5.74. The van der Waals surface area contributed by atoms with E-state index in [1.807, 2.05) is 0 Å². The van der Waals surface area contributed by atoms with Crippen molar-refractivity contribution < 1.29 is 13.2 Å². The largest absolute Gasteiger partial charge is 0.366 e. The fraction of sp³-hybridized carbons (Fsp3) is 0. The van der Waals surface area contributed by atoms with Crippen molar-refractivity contribution in [3.63, 3.8) is 0 Å². The molecule has 3 N–H and O–H groups in total. The molecule has 0 fully saturated rings. The lowest BCUT2D eigenvalue weighted by Gasteiger charge is -2.08. The van der Waals surface area contributed by atoms with Gasteiger partial charge >= 0.3 is 0 Å². The summed E-state index contributed by atoms with van der Waals surface area (Å²) in [5.74, 6) is -0.611. The molecule has 1 amide bonds. The van der Waals surface area contributed by atoms with Crippen LogP contribution in [0.3, 0.4) is 0 Å². The van der Waals surface area contributed by atoms with Gasteiger partial charge in [-0.2, -0.15) is 0 Å². The average molecular weight is 311 g/mol. The molecule has 5 nitrogen and oxygen atoms in total. The molecule has 0 aromatic heterocycles. The Bertz CT molecular complexity index is 725. The zero-order chi connectivity index (χ0) is 14.8. The highest BCUT2D eigenvalue weighted by molar-refractivity contribution is 7.92. The molecule has 2 aromatic carbocycles. The number of carbonyl (C=O) groups is 1. The van der Waals surface area contributed by atoms with Gasteiger partial charge in [0.1, 0.15) is 0 Å². The van der Waals surface area contributed by atoms with Crippen LogP contribution < -0.4 is 10.5 Å². The second kappa shape index (κ2) is 5.52. The summed E-state index contributed by atoms with van der Waals surface area (Å²) >= 11 is 5.73. The Morgan fingerprint density at radius 1 is 1.00 bits per heavy atom. The van der Waals surface area contributed by atoms with Gasteiger partial charge in [0, 0.05) is 16.3 Å². The van der Waals surface area contributed by atoms with Crippen LogP contribution in [0.2, 0.25) is 5.02 Å². The number of primary amides is 1. The minimum Gasteiger partial charge on any atom is -0.366 e. The standard InChI is InChI=1S/C13H11ClN2O3S/c14-10-3-5-11(6-4-10)16-20(18,19)12-7-1-9(2-8-12)13(15)17/h1-8,16H,(H2,15,17). The van der Waals surface area contributed by atoms with E-state index in [9.17, 15) is 13.2 Å². The average Bonchev–Trinajstić information content (AvgIpc) is 2.41. The molecule has 0 heterocycles. The number of amides is 1. The third kappa shape index (κ3) is 3.28. The molecule has 104 valence electrons. The van der Waals surface area contributed by atoms with Crippen LogP contribution in [0.25, 0.3) is 0 Å². The highest BCUT2D eigenvalue weighted by atomic mass is 35.5. The highest BCUT2D eigenvalue weighted by Crippen LogP contribution is 2.18. The molecule has 0 aliphatic heterocycles. The summed E-state index contributed by atoms with van der Waals surface area (Å²) in [6.07, 6.45) is 0. The Morgan fingerprint density at radius 3 is 2.05 bits per heavy atom. The minimum absolute atomic E-state index is 0.0393. The molecule has 2 aromatic rings. The summed E-state index contributed by atoms with van der Waals surface area (Å²) < 4.78 is 26.6. The Hall–Kier alpha value is -2.05. The van der Waals surface area contributed by atoms with E-state index in [1.165, 1.54) is 24.3 Å². The van der Waals surface area contributed by atoms with Crippen LogP contribution in [0.15, 0.2) is 53.4 Å². The number of nitrogens with two attached hydrogens (primary N) is 1. The predicted octanol–water partition coefficient (Wildman–Crippen LogP) is 2.24. The fourth-order valence-electron chi connectivity index (χ4n) is 1.53. The van der Waals surface area contributed by atoms with Crippen molar-refractivity contribution in [3.05, 3.63) is 59.1 Å². The topological polar surface area (TPSA) is 89.3 Å². The first-order valence-electron chi connectivity index (χ1n) is 5.57. The molecule has 0 aliphatic carbocycles. The summed E-state index contributed by atoms with van der Waals surface area (Å²) in [7, 11) is -3.71. The van der Waals surface area contributed by atoms with Crippen molar-refractivity contribution in [3.8, 4) is 0 Å². The predicted molar refractivity (Wildman–Crippen MR) is 77.2 cm³/mol. The second-order valence-electron chi connectivity index (χ2n) is 4.00. The fourth-order valence-corrected chi connectivity index (χ4v) is 2.71. The first-order chi connectivity index (χ1) is 9.38. The van der Waals surface area contributed by atoms with Crippen molar-refractivity contribution in [1.82, 2.24) is 0 Å². The van der Waals surface area contributed by atoms with Crippen molar-refractivity contribution >= 4 is 33.2 Å². The molecular formula is C13H11ClN2O3S. The van der Waals surface area contributed by atoms with Crippen molar-refractivity contribution in [2.24, 2.45) is 5.73 Å². The number of rotatable bonds is 4. The van der Waals surface area contributed by atoms with E-state index in [0.717, 1.165) is 0 Å². The molecule has 0 saturated heterocycles. The van der Waals surface area contributed by atoms with Crippen molar-refractivity contribution in [2.45, 2.75) is 4.90 Å². The molecule has 0 unspecified atom stereocenters. The van der Waals surface area contributed by atoms with Crippen LogP contribution in [0.5, 0.6) is 0 Å². The van der Waals surface area contributed by atoms with Crippen LogP contribution in [-0.4, -0.2) is 14.3 Å². The molecule has 20 heavy (non-hydrogen) atoms. The SMILES string of the molecule is NC(=O)c1ccc(S(=O)(=O)Nc2ccc(Cl)cc2)cc1. The maximum absolute atomic E-state index is 12.1. The van der Waals surface area contributed by atoms with E-state index in [-0.39, 0.29) is 10.5 Å². The van der Waals surface area contributed by atoms with E-state index < -0.39 is 15.9 Å². The van der Waals surface area contributed by atoms with Crippen LogP contribution in [0.4, 0.5) is 5.69 Å². The normalized spacial score (nSPS) is 11.1. The molecule has 2 rings (SSSR count). The lowest BCUT2D eigenvalue weighted by Crippen LogP contribution is -2.14. The molecule has 0 radical (unpaired) electrons. The highest BCUT2D eigenvalue weighted by Gasteiger charge is 2.14. The van der Waals surface area contributed by atoms with E-state index in [0.29, 0.717) is 10.7 Å². The lowest BCUT2D eigenvalue weighted by atomic mass is 10.2. The second-order valence-corrected chi connectivity index (χ2v) is 6.12. The van der Waals surface area contributed by atoms with Crippen LogP contribution in [-0.2, 0) is 10.0 Å². The first-order valence-corrected chi connectivity index (χ1v) is 7.43. The number of halogens is 1. The van der Waals surface area contributed by atoms with Gasteiger partial charge in [-0.1, -0.05) is 11.6 Å². The van der Waals surface area contributed by atoms with Gasteiger partial charge in [0.25, 0.3) is 10.0 Å². The molecule has 7 heteroatoms. The summed E-state index contributed by atoms with van der Waals surface area (Å²) in [6.45, 7) is 0. The van der Waals surface area contributed by atoms with Gasteiger partial charge in [-0.05, 0) is 48.5 Å². The quantitative estimate of drug-likeness (QED) is 0.907.